The maximum Gasteiger partial charge on any atom is 0.133 e. The molecule has 0 saturated carbocycles. The fourth-order valence-corrected chi connectivity index (χ4v) is 8.37. The van der Waals surface area contributed by atoms with Gasteiger partial charge in [0.1, 0.15) is 23.4 Å². The molecule has 2 aromatic rings. The van der Waals surface area contributed by atoms with Gasteiger partial charge in [-0.1, -0.05) is 113 Å². The van der Waals surface area contributed by atoms with Gasteiger partial charge >= 0.3 is 0 Å². The molecule has 2 aromatic carbocycles. The van der Waals surface area contributed by atoms with Gasteiger partial charge in [0.05, 0.1) is 17.9 Å². The van der Waals surface area contributed by atoms with Crippen molar-refractivity contribution in [3.05, 3.63) is 191 Å². The number of fused-ring (bicyclic) bond motifs is 2. The summed E-state index contributed by atoms with van der Waals surface area (Å²) in [7, 11) is 0. The van der Waals surface area contributed by atoms with Crippen LogP contribution in [0.4, 0.5) is 5.69 Å². The van der Waals surface area contributed by atoms with Gasteiger partial charge in [-0.3, -0.25) is 0 Å². The zero-order valence-electron chi connectivity index (χ0n) is 26.6. The summed E-state index contributed by atoms with van der Waals surface area (Å²) < 4.78 is 13.1. The molecule has 4 atom stereocenters. The first-order chi connectivity index (χ1) is 22.3. The average Bonchev–Trinajstić information content (AvgIpc) is 3.29. The molecule has 4 aliphatic carbocycles. The number of rotatable bonds is 6. The third-order valence-corrected chi connectivity index (χ3v) is 10.6. The normalized spacial score (nSPS) is 27.2. The van der Waals surface area contributed by atoms with E-state index < -0.39 is 0 Å². The summed E-state index contributed by atoms with van der Waals surface area (Å²) in [5, 5.41) is 0. The molecule has 0 amide bonds. The van der Waals surface area contributed by atoms with Crippen LogP contribution < -0.4 is 4.90 Å². The second kappa shape index (κ2) is 10.5. The van der Waals surface area contributed by atoms with Crippen molar-refractivity contribution in [3.63, 3.8) is 0 Å². The van der Waals surface area contributed by atoms with E-state index >= 15 is 0 Å². The van der Waals surface area contributed by atoms with Gasteiger partial charge < -0.3 is 14.4 Å². The van der Waals surface area contributed by atoms with E-state index in [0.717, 1.165) is 51.8 Å². The van der Waals surface area contributed by atoms with E-state index in [-0.39, 0.29) is 29.4 Å². The van der Waals surface area contributed by atoms with Gasteiger partial charge in [-0.25, -0.2) is 0 Å². The molecule has 0 radical (unpaired) electrons. The minimum Gasteiger partial charge on any atom is -0.489 e. The Hall–Kier alpha value is -5.02. The molecule has 3 nitrogen and oxygen atoms in total. The van der Waals surface area contributed by atoms with Crippen molar-refractivity contribution in [2.24, 2.45) is 11.8 Å². The van der Waals surface area contributed by atoms with E-state index in [1.165, 1.54) is 27.8 Å². The van der Waals surface area contributed by atoms with Crippen LogP contribution in [0.3, 0.4) is 0 Å². The summed E-state index contributed by atoms with van der Waals surface area (Å²) in [6, 6.07) is 19.6. The molecule has 0 aromatic heterocycles. The van der Waals surface area contributed by atoms with Crippen molar-refractivity contribution in [2.75, 3.05) is 4.90 Å². The number of para-hydroxylation sites is 1. The number of allylic oxidation sites excluding steroid dienone is 11. The minimum atomic E-state index is -0.226. The van der Waals surface area contributed by atoms with Crippen LogP contribution in [-0.2, 0) is 14.9 Å². The van der Waals surface area contributed by atoms with E-state index in [9.17, 15) is 0 Å². The molecule has 3 heteroatoms. The zero-order valence-corrected chi connectivity index (χ0v) is 26.6. The number of ether oxygens (including phenoxy) is 2. The van der Waals surface area contributed by atoms with Crippen LogP contribution in [0.2, 0.25) is 0 Å². The van der Waals surface area contributed by atoms with Crippen molar-refractivity contribution < 1.29 is 9.47 Å². The van der Waals surface area contributed by atoms with Crippen LogP contribution >= 0.6 is 0 Å². The average molecular weight is 602 g/mol. The smallest absolute Gasteiger partial charge is 0.133 e. The summed E-state index contributed by atoms with van der Waals surface area (Å²) in [5.41, 5.74) is 12.0. The Kier molecular flexibility index (Phi) is 6.51. The molecular formula is C43H39NO2. The molecule has 4 unspecified atom stereocenters. The first-order valence-electron chi connectivity index (χ1n) is 16.2. The van der Waals surface area contributed by atoms with Crippen molar-refractivity contribution in [3.8, 4) is 0 Å². The van der Waals surface area contributed by atoms with Gasteiger partial charge in [-0.2, -0.15) is 0 Å². The predicted molar refractivity (Wildman–Crippen MR) is 188 cm³/mol. The van der Waals surface area contributed by atoms with Crippen molar-refractivity contribution in [1.29, 1.82) is 0 Å². The summed E-state index contributed by atoms with van der Waals surface area (Å²) in [5.74, 6) is 2.67. The van der Waals surface area contributed by atoms with Crippen LogP contribution in [0.25, 0.3) is 5.57 Å². The Bertz CT molecular complexity index is 1950. The molecule has 2 saturated heterocycles. The lowest BCUT2D eigenvalue weighted by atomic mass is 9.66. The second-order valence-corrected chi connectivity index (χ2v) is 13.5. The van der Waals surface area contributed by atoms with E-state index in [1.807, 2.05) is 6.08 Å². The number of anilines is 1. The van der Waals surface area contributed by atoms with Crippen LogP contribution in [0.5, 0.6) is 0 Å². The minimum absolute atomic E-state index is 0.0234. The van der Waals surface area contributed by atoms with Crippen LogP contribution in [0.15, 0.2) is 180 Å². The number of benzene rings is 2. The molecular weight excluding hydrogens is 562 g/mol. The SMILES string of the molecule is C=CC=C1OC2=CC=C3C(=C)C(CC(=C)N(c4ccccc4)C4C=CC5=C(C4)C(C)(C)c4ccccc45)OC4=CC=C(C1=C)C2C43. The number of hydrogen-bond acceptors (Lipinski definition) is 3. The van der Waals surface area contributed by atoms with Gasteiger partial charge in [-0.15, -0.1) is 0 Å². The summed E-state index contributed by atoms with van der Waals surface area (Å²) in [6.07, 6.45) is 18.2. The number of nitrogens with zero attached hydrogens (tertiary/aromatic N) is 1. The predicted octanol–water partition coefficient (Wildman–Crippen LogP) is 9.96. The fourth-order valence-electron chi connectivity index (χ4n) is 8.37. The second-order valence-electron chi connectivity index (χ2n) is 13.5. The van der Waals surface area contributed by atoms with E-state index in [0.29, 0.717) is 6.42 Å². The standard InChI is InChI=1S/C43H39NO2/c1-7-13-37-27(3)31-20-23-39-42-32(21-22-38(45-37)41(31)42)28(4)40(46-39)24-26(2)44(29-14-9-8-10-15-29)30-18-19-34-33-16-11-12-17-35(33)43(5,6)36(34)25-30/h7-23,30,40-42H,1-4,24-25H2,5-6H3. The topological polar surface area (TPSA) is 21.7 Å². The quantitative estimate of drug-likeness (QED) is 0.329. The lowest BCUT2D eigenvalue weighted by Crippen LogP contribution is -2.41. The van der Waals surface area contributed by atoms with E-state index in [2.05, 4.69) is 130 Å². The molecule has 228 valence electrons. The molecule has 2 heterocycles. The van der Waals surface area contributed by atoms with Crippen molar-refractivity contribution in [1.82, 2.24) is 0 Å². The van der Waals surface area contributed by atoms with E-state index in [4.69, 9.17) is 16.1 Å². The Morgan fingerprint density at radius 1 is 0.935 bits per heavy atom. The highest BCUT2D eigenvalue weighted by atomic mass is 16.5. The van der Waals surface area contributed by atoms with E-state index in [1.54, 1.807) is 6.08 Å². The Morgan fingerprint density at radius 2 is 1.65 bits per heavy atom. The molecule has 2 fully saturated rings. The van der Waals surface area contributed by atoms with Gasteiger partial charge in [0.15, 0.2) is 0 Å². The maximum atomic E-state index is 6.82. The van der Waals surface area contributed by atoms with Gasteiger partial charge in [0.2, 0.25) is 0 Å². The lowest BCUT2D eigenvalue weighted by molar-refractivity contribution is 0.0874. The summed E-state index contributed by atoms with van der Waals surface area (Å²) in [4.78, 5) is 2.41. The fraction of sp³-hybridized carbons (Fsp3) is 0.209. The van der Waals surface area contributed by atoms with Crippen LogP contribution in [-0.4, -0.2) is 12.1 Å². The molecule has 2 aliphatic heterocycles. The largest absolute Gasteiger partial charge is 0.489 e. The third kappa shape index (κ3) is 4.18. The van der Waals surface area contributed by atoms with Crippen LogP contribution in [0, 0.1) is 11.8 Å². The van der Waals surface area contributed by atoms with Gasteiger partial charge in [0.25, 0.3) is 0 Å². The highest BCUT2D eigenvalue weighted by Gasteiger charge is 2.48. The van der Waals surface area contributed by atoms with Crippen LogP contribution in [0.1, 0.15) is 37.8 Å². The molecule has 8 rings (SSSR count). The lowest BCUT2D eigenvalue weighted by Gasteiger charge is -2.47. The number of hydrogen-bond donors (Lipinski definition) is 0. The van der Waals surface area contributed by atoms with Gasteiger partial charge in [0, 0.05) is 28.8 Å². The molecule has 0 N–H and O–H groups in total. The Labute approximate surface area is 272 Å². The third-order valence-electron chi connectivity index (χ3n) is 10.6. The molecule has 6 aliphatic rings. The monoisotopic (exact) mass is 601 g/mol. The Morgan fingerprint density at radius 3 is 2.46 bits per heavy atom. The highest BCUT2D eigenvalue weighted by molar-refractivity contribution is 5.87. The molecule has 0 bridgehead atoms. The summed E-state index contributed by atoms with van der Waals surface area (Å²) >= 11 is 0. The first-order valence-corrected chi connectivity index (χ1v) is 16.2. The van der Waals surface area contributed by atoms with Gasteiger partial charge in [-0.05, 0) is 75.8 Å². The van der Waals surface area contributed by atoms with Crippen molar-refractivity contribution >= 4 is 11.3 Å². The maximum absolute atomic E-state index is 6.82. The highest BCUT2D eigenvalue weighted by Crippen LogP contribution is 2.55. The molecule has 0 spiro atoms. The molecule has 46 heavy (non-hydrogen) atoms. The van der Waals surface area contributed by atoms with Crippen molar-refractivity contribution in [2.45, 2.75) is 44.2 Å². The first kappa shape index (κ1) is 28.5. The Balaban J connectivity index is 1.10. The summed E-state index contributed by atoms with van der Waals surface area (Å²) in [6.45, 7) is 22.2. The zero-order chi connectivity index (χ0) is 31.7.